The van der Waals surface area contributed by atoms with Crippen molar-refractivity contribution < 1.29 is 33.5 Å². The molecule has 0 aliphatic carbocycles. The van der Waals surface area contributed by atoms with Crippen LogP contribution in [0, 0.1) is 5.82 Å². The number of carboxylic acids is 1. The minimum absolute atomic E-state index is 0.00253. The fourth-order valence-electron chi connectivity index (χ4n) is 4.83. The van der Waals surface area contributed by atoms with E-state index in [0.717, 1.165) is 5.56 Å². The number of carbonyl (C=O) groups excluding carboxylic acids is 2. The number of methoxy groups -OCH3 is 1. The summed E-state index contributed by atoms with van der Waals surface area (Å²) in [6.45, 7) is 0.197. The van der Waals surface area contributed by atoms with Gasteiger partial charge in [0.25, 0.3) is 11.8 Å². The van der Waals surface area contributed by atoms with Crippen molar-refractivity contribution in [1.82, 2.24) is 4.90 Å². The number of carbonyl (C=O) groups is 3. The SMILES string of the molecule is COc1cccc2c1CCN(C(=O)C1CC(c3cccc(Cl)c3F)=NO1)[C@@H]2C(=O)Nc1ccc(C(=O)O)cc1. The molecule has 3 aromatic rings. The van der Waals surface area contributed by atoms with Crippen molar-refractivity contribution in [3.05, 3.63) is 93.8 Å². The van der Waals surface area contributed by atoms with Crippen LogP contribution in [0.2, 0.25) is 5.02 Å². The first-order chi connectivity index (χ1) is 18.8. The molecule has 1 unspecified atom stereocenters. The van der Waals surface area contributed by atoms with Crippen LogP contribution < -0.4 is 10.1 Å². The number of halogens is 2. The number of hydrogen-bond donors (Lipinski definition) is 2. The second-order valence-corrected chi connectivity index (χ2v) is 9.43. The Morgan fingerprint density at radius 3 is 2.59 bits per heavy atom. The van der Waals surface area contributed by atoms with Crippen LogP contribution in [0.3, 0.4) is 0 Å². The summed E-state index contributed by atoms with van der Waals surface area (Å²) in [6, 6.07) is 14.4. The zero-order valence-corrected chi connectivity index (χ0v) is 21.4. The molecule has 2 aliphatic rings. The van der Waals surface area contributed by atoms with E-state index >= 15 is 0 Å². The van der Waals surface area contributed by atoms with Gasteiger partial charge >= 0.3 is 5.97 Å². The summed E-state index contributed by atoms with van der Waals surface area (Å²) in [7, 11) is 1.53. The Labute approximate surface area is 227 Å². The first kappa shape index (κ1) is 26.2. The van der Waals surface area contributed by atoms with Gasteiger partial charge in [0, 0.05) is 29.8 Å². The van der Waals surface area contributed by atoms with Crippen molar-refractivity contribution in [3.63, 3.8) is 0 Å². The van der Waals surface area contributed by atoms with Gasteiger partial charge in [-0.1, -0.05) is 35.0 Å². The number of hydrogen-bond acceptors (Lipinski definition) is 6. The van der Waals surface area contributed by atoms with Crippen molar-refractivity contribution in [1.29, 1.82) is 0 Å². The molecule has 2 aliphatic heterocycles. The van der Waals surface area contributed by atoms with Crippen LogP contribution >= 0.6 is 11.6 Å². The van der Waals surface area contributed by atoms with Gasteiger partial charge in [-0.25, -0.2) is 9.18 Å². The van der Waals surface area contributed by atoms with Gasteiger partial charge in [0.15, 0.2) is 5.82 Å². The number of aromatic carboxylic acids is 1. The maximum Gasteiger partial charge on any atom is 0.335 e. The van der Waals surface area contributed by atoms with E-state index in [0.29, 0.717) is 23.4 Å². The van der Waals surface area contributed by atoms with Gasteiger partial charge in [0.1, 0.15) is 11.8 Å². The van der Waals surface area contributed by atoms with Gasteiger partial charge in [0.05, 0.1) is 23.4 Å². The van der Waals surface area contributed by atoms with Crippen LogP contribution in [0.15, 0.2) is 65.8 Å². The molecule has 11 heteroatoms. The van der Waals surface area contributed by atoms with Gasteiger partial charge in [0.2, 0.25) is 6.10 Å². The van der Waals surface area contributed by atoms with Crippen LogP contribution in [-0.2, 0) is 20.8 Å². The number of rotatable bonds is 6. The molecule has 0 saturated heterocycles. The maximum absolute atomic E-state index is 14.6. The molecular weight excluding hydrogens is 529 g/mol. The summed E-state index contributed by atoms with van der Waals surface area (Å²) in [5.41, 5.74) is 2.22. The molecule has 5 rings (SSSR count). The number of nitrogens with one attached hydrogen (secondary N) is 1. The minimum atomic E-state index is -1.09. The van der Waals surface area contributed by atoms with E-state index in [2.05, 4.69) is 10.5 Å². The van der Waals surface area contributed by atoms with Crippen molar-refractivity contribution in [3.8, 4) is 5.75 Å². The minimum Gasteiger partial charge on any atom is -0.496 e. The number of anilines is 1. The highest BCUT2D eigenvalue weighted by Crippen LogP contribution is 2.37. The van der Waals surface area contributed by atoms with Crippen molar-refractivity contribution >= 4 is 40.8 Å². The number of nitrogens with zero attached hydrogens (tertiary/aromatic N) is 2. The molecule has 200 valence electrons. The van der Waals surface area contributed by atoms with Crippen molar-refractivity contribution in [2.75, 3.05) is 19.0 Å². The zero-order chi connectivity index (χ0) is 27.7. The number of benzene rings is 3. The second kappa shape index (κ2) is 10.7. The summed E-state index contributed by atoms with van der Waals surface area (Å²) in [6.07, 6.45) is -0.621. The van der Waals surface area contributed by atoms with Crippen molar-refractivity contribution in [2.24, 2.45) is 5.16 Å². The Morgan fingerprint density at radius 2 is 1.87 bits per heavy atom. The van der Waals surface area contributed by atoms with E-state index in [1.54, 1.807) is 24.3 Å². The molecule has 3 aromatic carbocycles. The molecule has 39 heavy (non-hydrogen) atoms. The molecule has 2 heterocycles. The summed E-state index contributed by atoms with van der Waals surface area (Å²) >= 11 is 5.90. The van der Waals surface area contributed by atoms with E-state index in [1.807, 2.05) is 0 Å². The van der Waals surface area contributed by atoms with E-state index in [-0.39, 0.29) is 34.8 Å². The number of ether oxygens (including phenoxy) is 1. The highest BCUT2D eigenvalue weighted by atomic mass is 35.5. The molecular formula is C28H23ClFN3O6. The van der Waals surface area contributed by atoms with E-state index in [9.17, 15) is 18.8 Å². The number of fused-ring (bicyclic) bond motifs is 1. The van der Waals surface area contributed by atoms with E-state index < -0.39 is 35.7 Å². The van der Waals surface area contributed by atoms with Gasteiger partial charge in [-0.3, -0.25) is 9.59 Å². The topological polar surface area (TPSA) is 118 Å². The monoisotopic (exact) mass is 551 g/mol. The number of oxime groups is 1. The lowest BCUT2D eigenvalue weighted by Gasteiger charge is -2.37. The van der Waals surface area contributed by atoms with Crippen LogP contribution in [0.5, 0.6) is 5.75 Å². The molecule has 9 nitrogen and oxygen atoms in total. The Bertz CT molecular complexity index is 1490. The fraction of sp³-hybridized carbons (Fsp3) is 0.214. The molecule has 0 saturated carbocycles. The fourth-order valence-corrected chi connectivity index (χ4v) is 5.01. The predicted octanol–water partition coefficient (Wildman–Crippen LogP) is 4.44. The average Bonchev–Trinajstić information content (AvgIpc) is 3.43. The summed E-state index contributed by atoms with van der Waals surface area (Å²) < 4.78 is 20.1. The lowest BCUT2D eigenvalue weighted by Crippen LogP contribution is -2.49. The maximum atomic E-state index is 14.6. The van der Waals surface area contributed by atoms with E-state index in [4.69, 9.17) is 26.3 Å². The third kappa shape index (κ3) is 5.03. The quantitative estimate of drug-likeness (QED) is 0.467. The molecule has 0 fully saturated rings. The molecule has 0 bridgehead atoms. The molecule has 2 N–H and O–H groups in total. The second-order valence-electron chi connectivity index (χ2n) is 9.02. The summed E-state index contributed by atoms with van der Waals surface area (Å²) in [5, 5.41) is 15.8. The summed E-state index contributed by atoms with van der Waals surface area (Å²) in [5.74, 6) is -2.12. The molecule has 0 radical (unpaired) electrons. The third-order valence-corrected chi connectivity index (χ3v) is 7.03. The van der Waals surface area contributed by atoms with Gasteiger partial charge in [-0.2, -0.15) is 0 Å². The normalized spacial score (nSPS) is 18.0. The Morgan fingerprint density at radius 1 is 1.13 bits per heavy atom. The van der Waals surface area contributed by atoms with Crippen LogP contribution in [-0.4, -0.2) is 53.3 Å². The lowest BCUT2D eigenvalue weighted by molar-refractivity contribution is -0.148. The lowest BCUT2D eigenvalue weighted by atomic mass is 9.90. The first-order valence-electron chi connectivity index (χ1n) is 12.1. The van der Waals surface area contributed by atoms with Gasteiger partial charge in [-0.05, 0) is 54.4 Å². The highest BCUT2D eigenvalue weighted by molar-refractivity contribution is 6.31. The smallest absolute Gasteiger partial charge is 0.335 e. The zero-order valence-electron chi connectivity index (χ0n) is 20.7. The van der Waals surface area contributed by atoms with Crippen LogP contribution in [0.1, 0.15) is 39.5 Å². The third-order valence-electron chi connectivity index (χ3n) is 6.74. The first-order valence-corrected chi connectivity index (χ1v) is 12.4. The molecule has 2 atom stereocenters. The van der Waals surface area contributed by atoms with E-state index in [1.165, 1.54) is 48.4 Å². The molecule has 2 amide bonds. The Kier molecular flexibility index (Phi) is 7.21. The Balaban J connectivity index is 1.42. The molecule has 0 aromatic heterocycles. The average molecular weight is 552 g/mol. The van der Waals surface area contributed by atoms with Gasteiger partial charge < -0.3 is 24.9 Å². The Hall–Kier alpha value is -4.44. The van der Waals surface area contributed by atoms with Crippen molar-refractivity contribution in [2.45, 2.75) is 25.0 Å². The largest absolute Gasteiger partial charge is 0.496 e. The number of carboxylic acid groups (broad SMARTS) is 1. The van der Waals surface area contributed by atoms with Crippen LogP contribution in [0.25, 0.3) is 0 Å². The highest BCUT2D eigenvalue weighted by Gasteiger charge is 2.42. The van der Waals surface area contributed by atoms with Gasteiger partial charge in [-0.15, -0.1) is 0 Å². The van der Waals surface area contributed by atoms with Crippen LogP contribution in [0.4, 0.5) is 10.1 Å². The molecule has 0 spiro atoms. The predicted molar refractivity (Wildman–Crippen MR) is 141 cm³/mol. The number of amides is 2. The summed E-state index contributed by atoms with van der Waals surface area (Å²) in [4.78, 5) is 45.4. The standard InChI is InChI=1S/C28H23ClFN3O6/c1-38-22-7-3-4-18-17(22)12-13-33(25(18)26(34)31-16-10-8-15(9-11-16)28(36)37)27(35)23-14-21(32-39-23)19-5-2-6-20(29)24(19)30/h2-11,23,25H,12-14H2,1H3,(H,31,34)(H,36,37)/t23?,25-/m0/s1.